The fourth-order valence-electron chi connectivity index (χ4n) is 2.61. The summed E-state index contributed by atoms with van der Waals surface area (Å²) in [4.78, 5) is 1.40. The summed E-state index contributed by atoms with van der Waals surface area (Å²) in [5.41, 5.74) is 1.35. The van der Waals surface area contributed by atoms with Crippen LogP contribution in [0.5, 0.6) is 0 Å². The molecule has 1 aliphatic rings. The summed E-state index contributed by atoms with van der Waals surface area (Å²) in [6, 6.07) is 6.31. The van der Waals surface area contributed by atoms with E-state index in [9.17, 15) is 0 Å². The Hall–Kier alpha value is -0.180. The highest BCUT2D eigenvalue weighted by atomic mass is 35.5. The first-order valence-corrected chi connectivity index (χ1v) is 8.78. The fourth-order valence-corrected chi connectivity index (χ4v) is 4.04. The van der Waals surface area contributed by atoms with Crippen molar-refractivity contribution >= 4 is 23.4 Å². The van der Waals surface area contributed by atoms with Crippen LogP contribution in [0, 0.1) is 5.92 Å². The first kappa shape index (κ1) is 15.2. The maximum absolute atomic E-state index is 6.12. The normalized spacial score (nSPS) is 16.1. The van der Waals surface area contributed by atoms with Gasteiger partial charge in [-0.1, -0.05) is 31.4 Å². The van der Waals surface area contributed by atoms with Crippen molar-refractivity contribution in [3.8, 4) is 0 Å². The molecule has 3 heteroatoms. The van der Waals surface area contributed by atoms with E-state index in [2.05, 4.69) is 24.4 Å². The van der Waals surface area contributed by atoms with E-state index in [-0.39, 0.29) is 0 Å². The highest BCUT2D eigenvalue weighted by Crippen LogP contribution is 2.33. The Balaban J connectivity index is 1.92. The van der Waals surface area contributed by atoms with Gasteiger partial charge in [-0.3, -0.25) is 0 Å². The van der Waals surface area contributed by atoms with Crippen LogP contribution in [-0.2, 0) is 6.54 Å². The van der Waals surface area contributed by atoms with Crippen LogP contribution in [0.1, 0.15) is 44.6 Å². The van der Waals surface area contributed by atoms with Gasteiger partial charge in [0.05, 0.1) is 0 Å². The van der Waals surface area contributed by atoms with Crippen LogP contribution in [0.4, 0.5) is 0 Å². The third-order valence-electron chi connectivity index (χ3n) is 3.71. The van der Waals surface area contributed by atoms with Gasteiger partial charge < -0.3 is 5.32 Å². The number of hydrogen-bond donors (Lipinski definition) is 1. The Kier molecular flexibility index (Phi) is 6.55. The van der Waals surface area contributed by atoms with E-state index in [1.54, 1.807) is 0 Å². The SMILES string of the molecule is CCCNCc1cc(Cl)ccc1SCC1CCCC1. The molecule has 0 aromatic heterocycles. The number of rotatable bonds is 7. The lowest BCUT2D eigenvalue weighted by Gasteiger charge is -2.13. The first-order valence-electron chi connectivity index (χ1n) is 7.41. The minimum Gasteiger partial charge on any atom is -0.313 e. The second kappa shape index (κ2) is 8.18. The summed E-state index contributed by atoms with van der Waals surface area (Å²) < 4.78 is 0. The molecule has 0 atom stereocenters. The van der Waals surface area contributed by atoms with Crippen LogP contribution >= 0.6 is 23.4 Å². The first-order chi connectivity index (χ1) is 9.29. The van der Waals surface area contributed by atoms with Gasteiger partial charge >= 0.3 is 0 Å². The summed E-state index contributed by atoms with van der Waals surface area (Å²) in [6.07, 6.45) is 6.87. The summed E-state index contributed by atoms with van der Waals surface area (Å²) in [6.45, 7) is 4.20. The van der Waals surface area contributed by atoms with Gasteiger partial charge in [0.25, 0.3) is 0 Å². The van der Waals surface area contributed by atoms with Crippen LogP contribution < -0.4 is 5.32 Å². The van der Waals surface area contributed by atoms with Gasteiger partial charge in [-0.15, -0.1) is 11.8 Å². The van der Waals surface area contributed by atoms with E-state index < -0.39 is 0 Å². The Bertz CT molecular complexity index is 388. The third-order valence-corrected chi connectivity index (χ3v) is 5.30. The molecule has 19 heavy (non-hydrogen) atoms. The molecule has 106 valence electrons. The van der Waals surface area contributed by atoms with Gasteiger partial charge in [0, 0.05) is 22.2 Å². The van der Waals surface area contributed by atoms with Gasteiger partial charge in [0.1, 0.15) is 0 Å². The van der Waals surface area contributed by atoms with Gasteiger partial charge in [-0.25, -0.2) is 0 Å². The lowest BCUT2D eigenvalue weighted by molar-refractivity contribution is 0.622. The monoisotopic (exact) mass is 297 g/mol. The summed E-state index contributed by atoms with van der Waals surface area (Å²) in [5, 5.41) is 4.32. The van der Waals surface area contributed by atoms with Crippen molar-refractivity contribution in [1.29, 1.82) is 0 Å². The zero-order valence-electron chi connectivity index (χ0n) is 11.8. The largest absolute Gasteiger partial charge is 0.313 e. The van der Waals surface area contributed by atoms with Crippen molar-refractivity contribution in [2.75, 3.05) is 12.3 Å². The Morgan fingerprint density at radius 3 is 2.84 bits per heavy atom. The Morgan fingerprint density at radius 2 is 2.11 bits per heavy atom. The molecule has 0 spiro atoms. The van der Waals surface area contributed by atoms with Crippen LogP contribution in [-0.4, -0.2) is 12.3 Å². The molecule has 0 bridgehead atoms. The lowest BCUT2D eigenvalue weighted by atomic mass is 10.1. The topological polar surface area (TPSA) is 12.0 Å². The lowest BCUT2D eigenvalue weighted by Crippen LogP contribution is -2.14. The maximum Gasteiger partial charge on any atom is 0.0410 e. The minimum atomic E-state index is 0.846. The van der Waals surface area contributed by atoms with E-state index in [4.69, 9.17) is 11.6 Å². The molecule has 1 fully saturated rings. The second-order valence-corrected chi connectivity index (χ2v) is 6.89. The molecule has 0 heterocycles. The summed E-state index contributed by atoms with van der Waals surface area (Å²) >= 11 is 8.13. The molecule has 0 unspecified atom stereocenters. The zero-order valence-corrected chi connectivity index (χ0v) is 13.3. The molecule has 1 nitrogen and oxygen atoms in total. The second-order valence-electron chi connectivity index (χ2n) is 5.39. The van der Waals surface area contributed by atoms with E-state index >= 15 is 0 Å². The molecular weight excluding hydrogens is 274 g/mol. The Morgan fingerprint density at radius 1 is 1.32 bits per heavy atom. The van der Waals surface area contributed by atoms with Crippen molar-refractivity contribution < 1.29 is 0 Å². The molecule has 0 saturated heterocycles. The van der Waals surface area contributed by atoms with Crippen molar-refractivity contribution in [3.05, 3.63) is 28.8 Å². The molecule has 0 radical (unpaired) electrons. The van der Waals surface area contributed by atoms with Crippen molar-refractivity contribution in [1.82, 2.24) is 5.32 Å². The average Bonchev–Trinajstić information content (AvgIpc) is 2.91. The molecule has 1 aromatic carbocycles. The number of nitrogens with one attached hydrogen (secondary N) is 1. The number of thioether (sulfide) groups is 1. The van der Waals surface area contributed by atoms with Crippen LogP contribution in [0.3, 0.4) is 0 Å². The van der Waals surface area contributed by atoms with E-state index in [1.165, 1.54) is 48.3 Å². The molecule has 1 aromatic rings. The van der Waals surface area contributed by atoms with Gasteiger partial charge in [0.15, 0.2) is 0 Å². The van der Waals surface area contributed by atoms with E-state index in [0.717, 1.165) is 24.0 Å². The standard InChI is InChI=1S/C16H24ClNS/c1-2-9-18-11-14-10-15(17)7-8-16(14)19-12-13-5-3-4-6-13/h7-8,10,13,18H,2-6,9,11-12H2,1H3. The fraction of sp³-hybridized carbons (Fsp3) is 0.625. The highest BCUT2D eigenvalue weighted by molar-refractivity contribution is 7.99. The third kappa shape index (κ3) is 5.02. The molecule has 0 amide bonds. The average molecular weight is 298 g/mol. The molecule has 1 saturated carbocycles. The van der Waals surface area contributed by atoms with Crippen molar-refractivity contribution in [2.45, 2.75) is 50.5 Å². The molecule has 2 rings (SSSR count). The Labute approximate surface area is 126 Å². The number of benzene rings is 1. The predicted octanol–water partition coefficient (Wildman–Crippen LogP) is 5.12. The zero-order chi connectivity index (χ0) is 13.5. The molecule has 0 aliphatic heterocycles. The predicted molar refractivity (Wildman–Crippen MR) is 86.1 cm³/mol. The van der Waals surface area contributed by atoms with Crippen LogP contribution in [0.25, 0.3) is 0 Å². The van der Waals surface area contributed by atoms with Crippen LogP contribution in [0.15, 0.2) is 23.1 Å². The number of hydrogen-bond acceptors (Lipinski definition) is 2. The number of halogens is 1. The maximum atomic E-state index is 6.12. The van der Waals surface area contributed by atoms with Gasteiger partial charge in [0.2, 0.25) is 0 Å². The molecule has 1 N–H and O–H groups in total. The summed E-state index contributed by atoms with van der Waals surface area (Å²) in [7, 11) is 0. The highest BCUT2D eigenvalue weighted by Gasteiger charge is 2.15. The van der Waals surface area contributed by atoms with Gasteiger partial charge in [-0.05, 0) is 55.5 Å². The van der Waals surface area contributed by atoms with Crippen molar-refractivity contribution in [2.24, 2.45) is 5.92 Å². The minimum absolute atomic E-state index is 0.846. The molecular formula is C16H24ClNS. The van der Waals surface area contributed by atoms with Crippen LogP contribution in [0.2, 0.25) is 5.02 Å². The van der Waals surface area contributed by atoms with Gasteiger partial charge in [-0.2, -0.15) is 0 Å². The smallest absolute Gasteiger partial charge is 0.0410 e. The summed E-state index contributed by atoms with van der Waals surface area (Å²) in [5.74, 6) is 2.19. The van der Waals surface area contributed by atoms with E-state index in [1.807, 2.05) is 17.8 Å². The van der Waals surface area contributed by atoms with E-state index in [0.29, 0.717) is 0 Å². The quantitative estimate of drug-likeness (QED) is 0.553. The van der Waals surface area contributed by atoms with Crippen molar-refractivity contribution in [3.63, 3.8) is 0 Å². The molecule has 1 aliphatic carbocycles.